The molecule has 0 aliphatic carbocycles. The number of hydrogen-bond donors (Lipinski definition) is 0. The Bertz CT molecular complexity index is 867. The summed E-state index contributed by atoms with van der Waals surface area (Å²) in [5.74, 6) is 0.157. The average Bonchev–Trinajstić information content (AvgIpc) is 2.86. The molecule has 1 aromatic heterocycles. The first-order valence-corrected chi connectivity index (χ1v) is 7.39. The zero-order valence-corrected chi connectivity index (χ0v) is 13.1. The molecule has 0 bridgehead atoms. The molecule has 3 heteroatoms. The summed E-state index contributed by atoms with van der Waals surface area (Å²) in [6, 6.07) is 13.2. The molecule has 3 aromatic rings. The molecule has 0 saturated carbocycles. The van der Waals surface area contributed by atoms with Crippen LogP contribution in [0.1, 0.15) is 27.2 Å². The standard InChI is InChI=1S/C19H15ClO2/c1-12-7-13(2)9-14(8-12)3-5-17(21)19-11-15-10-16(20)4-6-18(15)22-19/h3-11H,1-2H3/b5-3+. The van der Waals surface area contributed by atoms with Gasteiger partial charge in [0.05, 0.1) is 0 Å². The molecule has 1 heterocycles. The van der Waals surface area contributed by atoms with Crippen LogP contribution in [0, 0.1) is 13.8 Å². The third-order valence-corrected chi connectivity index (χ3v) is 3.63. The molecule has 0 aliphatic rings. The van der Waals surface area contributed by atoms with Gasteiger partial charge in [-0.2, -0.15) is 0 Å². The van der Waals surface area contributed by atoms with Crippen LogP contribution in [0.25, 0.3) is 17.0 Å². The summed E-state index contributed by atoms with van der Waals surface area (Å²) in [5.41, 5.74) is 4.01. The Hall–Kier alpha value is -2.32. The number of furan rings is 1. The predicted molar refractivity (Wildman–Crippen MR) is 90.5 cm³/mol. The highest BCUT2D eigenvalue weighted by atomic mass is 35.5. The maximum absolute atomic E-state index is 12.2. The first-order valence-electron chi connectivity index (χ1n) is 7.01. The monoisotopic (exact) mass is 310 g/mol. The van der Waals surface area contributed by atoms with E-state index >= 15 is 0 Å². The molecule has 0 atom stereocenters. The van der Waals surface area contributed by atoms with Crippen LogP contribution >= 0.6 is 11.6 Å². The highest BCUT2D eigenvalue weighted by Crippen LogP contribution is 2.23. The van der Waals surface area contributed by atoms with E-state index in [1.54, 1.807) is 24.3 Å². The van der Waals surface area contributed by atoms with Crippen LogP contribution in [-0.2, 0) is 0 Å². The topological polar surface area (TPSA) is 30.2 Å². The molecule has 2 nitrogen and oxygen atoms in total. The lowest BCUT2D eigenvalue weighted by molar-refractivity contribution is 0.102. The van der Waals surface area contributed by atoms with Gasteiger partial charge in [-0.15, -0.1) is 0 Å². The maximum atomic E-state index is 12.2. The molecule has 3 rings (SSSR count). The van der Waals surface area contributed by atoms with E-state index in [-0.39, 0.29) is 5.78 Å². The lowest BCUT2D eigenvalue weighted by Gasteiger charge is -1.99. The van der Waals surface area contributed by atoms with E-state index in [2.05, 4.69) is 6.07 Å². The Morgan fingerprint density at radius 1 is 1.05 bits per heavy atom. The number of allylic oxidation sites excluding steroid dienone is 1. The van der Waals surface area contributed by atoms with Crippen molar-refractivity contribution in [2.45, 2.75) is 13.8 Å². The Kier molecular flexibility index (Phi) is 3.86. The third-order valence-electron chi connectivity index (χ3n) is 3.39. The van der Waals surface area contributed by atoms with Gasteiger partial charge in [-0.05, 0) is 49.8 Å². The van der Waals surface area contributed by atoms with E-state index in [4.69, 9.17) is 16.0 Å². The number of rotatable bonds is 3. The molecule has 0 aliphatic heterocycles. The summed E-state index contributed by atoms with van der Waals surface area (Å²) in [4.78, 5) is 12.2. The molecule has 0 fully saturated rings. The zero-order chi connectivity index (χ0) is 15.7. The number of ketones is 1. The summed E-state index contributed by atoms with van der Waals surface area (Å²) in [7, 11) is 0. The van der Waals surface area contributed by atoms with Gasteiger partial charge < -0.3 is 4.42 Å². The van der Waals surface area contributed by atoms with Crippen molar-refractivity contribution in [2.24, 2.45) is 0 Å². The quantitative estimate of drug-likeness (QED) is 0.465. The largest absolute Gasteiger partial charge is 0.453 e. The van der Waals surface area contributed by atoms with Crippen LogP contribution in [0.15, 0.2) is 53.0 Å². The number of aryl methyl sites for hydroxylation is 2. The lowest BCUT2D eigenvalue weighted by Crippen LogP contribution is -1.90. The van der Waals surface area contributed by atoms with Crippen molar-refractivity contribution in [1.82, 2.24) is 0 Å². The van der Waals surface area contributed by atoms with Crippen molar-refractivity contribution >= 4 is 34.4 Å². The summed E-state index contributed by atoms with van der Waals surface area (Å²) in [6.45, 7) is 4.07. The Morgan fingerprint density at radius 3 is 2.50 bits per heavy atom. The van der Waals surface area contributed by atoms with Gasteiger partial charge in [0.15, 0.2) is 5.76 Å². The minimum absolute atomic E-state index is 0.161. The van der Waals surface area contributed by atoms with Crippen LogP contribution in [0.2, 0.25) is 5.02 Å². The first-order chi connectivity index (χ1) is 10.5. The van der Waals surface area contributed by atoms with Crippen LogP contribution in [0.3, 0.4) is 0 Å². The predicted octanol–water partition coefficient (Wildman–Crippen LogP) is 5.60. The number of carbonyl (C=O) groups is 1. The van der Waals surface area contributed by atoms with Gasteiger partial charge in [0, 0.05) is 10.4 Å². The van der Waals surface area contributed by atoms with Crippen molar-refractivity contribution in [1.29, 1.82) is 0 Å². The lowest BCUT2D eigenvalue weighted by atomic mass is 10.1. The van der Waals surface area contributed by atoms with E-state index in [1.165, 1.54) is 17.2 Å². The highest BCUT2D eigenvalue weighted by Gasteiger charge is 2.09. The Labute approximate surface area is 134 Å². The molecule has 22 heavy (non-hydrogen) atoms. The van der Waals surface area contributed by atoms with E-state index < -0.39 is 0 Å². The van der Waals surface area contributed by atoms with Crippen molar-refractivity contribution in [3.63, 3.8) is 0 Å². The molecule has 0 spiro atoms. The Balaban J connectivity index is 1.87. The molecule has 0 N–H and O–H groups in total. The number of fused-ring (bicyclic) bond motifs is 1. The van der Waals surface area contributed by atoms with E-state index in [9.17, 15) is 4.79 Å². The second-order valence-electron chi connectivity index (χ2n) is 5.41. The van der Waals surface area contributed by atoms with Crippen molar-refractivity contribution in [3.8, 4) is 0 Å². The maximum Gasteiger partial charge on any atom is 0.221 e. The second-order valence-corrected chi connectivity index (χ2v) is 5.85. The SMILES string of the molecule is Cc1cc(C)cc(/C=C/C(=O)c2cc3cc(Cl)ccc3o2)c1. The molecule has 0 unspecified atom stereocenters. The fourth-order valence-corrected chi connectivity index (χ4v) is 2.68. The molecule has 0 amide bonds. The van der Waals surface area contributed by atoms with Crippen molar-refractivity contribution in [3.05, 3.63) is 76.0 Å². The summed E-state index contributed by atoms with van der Waals surface area (Å²) in [6.07, 6.45) is 3.34. The first kappa shape index (κ1) is 14.6. The van der Waals surface area contributed by atoms with Crippen LogP contribution in [0.4, 0.5) is 0 Å². The fourth-order valence-electron chi connectivity index (χ4n) is 2.50. The van der Waals surface area contributed by atoms with Crippen LogP contribution in [0.5, 0.6) is 0 Å². The molecule has 110 valence electrons. The van der Waals surface area contributed by atoms with Gasteiger partial charge >= 0.3 is 0 Å². The second kappa shape index (κ2) is 5.82. The van der Waals surface area contributed by atoms with E-state index in [0.717, 1.165) is 10.9 Å². The molecular weight excluding hydrogens is 296 g/mol. The van der Waals surface area contributed by atoms with Gasteiger partial charge in [0.2, 0.25) is 5.78 Å². The summed E-state index contributed by atoms with van der Waals surface area (Å²) < 4.78 is 5.56. The zero-order valence-electron chi connectivity index (χ0n) is 12.4. The molecule has 0 radical (unpaired) electrons. The fraction of sp³-hybridized carbons (Fsp3) is 0.105. The van der Waals surface area contributed by atoms with Crippen LogP contribution in [-0.4, -0.2) is 5.78 Å². The van der Waals surface area contributed by atoms with Gasteiger partial charge in [0.1, 0.15) is 5.58 Å². The minimum atomic E-state index is -0.161. The number of benzene rings is 2. The highest BCUT2D eigenvalue weighted by molar-refractivity contribution is 6.31. The average molecular weight is 311 g/mol. The van der Waals surface area contributed by atoms with Gasteiger partial charge in [-0.1, -0.05) is 47.0 Å². The van der Waals surface area contributed by atoms with Gasteiger partial charge in [0.25, 0.3) is 0 Å². The minimum Gasteiger partial charge on any atom is -0.453 e. The Morgan fingerprint density at radius 2 is 1.77 bits per heavy atom. The third kappa shape index (κ3) is 3.12. The van der Waals surface area contributed by atoms with Crippen molar-refractivity contribution in [2.75, 3.05) is 0 Å². The number of halogens is 1. The number of hydrogen-bond acceptors (Lipinski definition) is 2. The summed E-state index contributed by atoms with van der Waals surface area (Å²) >= 11 is 5.94. The van der Waals surface area contributed by atoms with E-state index in [1.807, 2.05) is 32.1 Å². The van der Waals surface area contributed by atoms with Gasteiger partial charge in [-0.3, -0.25) is 4.79 Å². The van der Waals surface area contributed by atoms with Gasteiger partial charge in [-0.25, -0.2) is 0 Å². The number of carbonyl (C=O) groups excluding carboxylic acids is 1. The van der Waals surface area contributed by atoms with Crippen LogP contribution < -0.4 is 0 Å². The van der Waals surface area contributed by atoms with Crippen molar-refractivity contribution < 1.29 is 9.21 Å². The summed E-state index contributed by atoms with van der Waals surface area (Å²) in [5, 5.41) is 1.45. The normalized spacial score (nSPS) is 11.4. The molecular formula is C19H15ClO2. The smallest absolute Gasteiger partial charge is 0.221 e. The molecule has 2 aromatic carbocycles. The van der Waals surface area contributed by atoms with E-state index in [0.29, 0.717) is 16.4 Å². The molecule has 0 saturated heterocycles.